The number of carbonyl (C=O) groups is 1. The van der Waals surface area contributed by atoms with Crippen molar-refractivity contribution in [2.24, 2.45) is 0 Å². The summed E-state index contributed by atoms with van der Waals surface area (Å²) in [4.78, 5) is 38.9. The Bertz CT molecular complexity index is 1250. The van der Waals surface area contributed by atoms with Crippen LogP contribution in [0.4, 0.5) is 5.69 Å². The number of nitrogens with one attached hydrogen (secondary N) is 4. The minimum Gasteiger partial charge on any atom is -0.345 e. The lowest BCUT2D eigenvalue weighted by Gasteiger charge is -2.16. The van der Waals surface area contributed by atoms with Gasteiger partial charge in [0.05, 0.1) is 17.3 Å². The van der Waals surface area contributed by atoms with Gasteiger partial charge in [0.2, 0.25) is 0 Å². The number of para-hydroxylation sites is 1. The van der Waals surface area contributed by atoms with Crippen LogP contribution in [0.5, 0.6) is 0 Å². The number of aromatic nitrogens is 2. The van der Waals surface area contributed by atoms with Gasteiger partial charge < -0.3 is 10.3 Å². The van der Waals surface area contributed by atoms with Gasteiger partial charge >= 0.3 is 5.69 Å². The van der Waals surface area contributed by atoms with Crippen molar-refractivity contribution in [2.45, 2.75) is 17.9 Å². The summed E-state index contributed by atoms with van der Waals surface area (Å²) in [6.45, 7) is 1.81. The molecule has 1 aromatic heterocycles. The molecule has 0 fully saturated rings. The highest BCUT2D eigenvalue weighted by Crippen LogP contribution is 2.20. The van der Waals surface area contributed by atoms with E-state index in [0.717, 1.165) is 11.8 Å². The number of hydrogen-bond donors (Lipinski definition) is 4. The van der Waals surface area contributed by atoms with E-state index in [1.807, 2.05) is 35.3 Å². The SMILES string of the molecule is CC(NC(=O)c1ccccc1NS(=O)(=O)c1c[nH]c(=O)[nH]c1=O)c1ccccc1. The van der Waals surface area contributed by atoms with Crippen LogP contribution in [0.15, 0.2) is 75.3 Å². The first-order chi connectivity index (χ1) is 13.8. The molecule has 0 spiro atoms. The molecule has 2 aromatic carbocycles. The first kappa shape index (κ1) is 20.1. The van der Waals surface area contributed by atoms with Gasteiger partial charge in [-0.3, -0.25) is 19.3 Å². The van der Waals surface area contributed by atoms with Crippen LogP contribution >= 0.6 is 0 Å². The van der Waals surface area contributed by atoms with Crippen molar-refractivity contribution in [2.75, 3.05) is 4.72 Å². The second-order valence-corrected chi connectivity index (χ2v) is 7.84. The van der Waals surface area contributed by atoms with E-state index in [9.17, 15) is 22.8 Å². The predicted octanol–water partition coefficient (Wildman–Crippen LogP) is 1.35. The Morgan fingerprint density at radius 1 is 1.00 bits per heavy atom. The van der Waals surface area contributed by atoms with E-state index in [0.29, 0.717) is 0 Å². The summed E-state index contributed by atoms with van der Waals surface area (Å²) < 4.78 is 27.4. The zero-order valence-corrected chi connectivity index (χ0v) is 16.1. The number of anilines is 1. The molecule has 0 radical (unpaired) electrons. The fourth-order valence-electron chi connectivity index (χ4n) is 2.67. The molecule has 1 unspecified atom stereocenters. The van der Waals surface area contributed by atoms with E-state index < -0.39 is 32.1 Å². The van der Waals surface area contributed by atoms with E-state index in [1.165, 1.54) is 12.1 Å². The molecule has 3 aromatic rings. The lowest BCUT2D eigenvalue weighted by Crippen LogP contribution is -2.30. The minimum atomic E-state index is -4.34. The van der Waals surface area contributed by atoms with E-state index in [1.54, 1.807) is 19.1 Å². The molecule has 1 heterocycles. The fraction of sp³-hybridized carbons (Fsp3) is 0.105. The molecule has 29 heavy (non-hydrogen) atoms. The van der Waals surface area contributed by atoms with E-state index in [2.05, 4.69) is 15.0 Å². The summed E-state index contributed by atoms with van der Waals surface area (Å²) in [6.07, 6.45) is 0.795. The molecule has 4 N–H and O–H groups in total. The monoisotopic (exact) mass is 414 g/mol. The number of aromatic amines is 2. The summed E-state index contributed by atoms with van der Waals surface area (Å²) >= 11 is 0. The van der Waals surface area contributed by atoms with Crippen molar-refractivity contribution < 1.29 is 13.2 Å². The normalized spacial score (nSPS) is 12.2. The maximum absolute atomic E-state index is 12.7. The zero-order chi connectivity index (χ0) is 21.0. The molecular formula is C19H18N4O5S. The van der Waals surface area contributed by atoms with Crippen molar-refractivity contribution in [3.8, 4) is 0 Å². The molecule has 150 valence electrons. The van der Waals surface area contributed by atoms with Crippen LogP contribution in [0.25, 0.3) is 0 Å². The highest BCUT2D eigenvalue weighted by molar-refractivity contribution is 7.92. The van der Waals surface area contributed by atoms with Gasteiger partial charge in [-0.1, -0.05) is 42.5 Å². The quantitative estimate of drug-likeness (QED) is 0.482. The van der Waals surface area contributed by atoms with Crippen LogP contribution in [0.1, 0.15) is 28.9 Å². The van der Waals surface area contributed by atoms with Crippen LogP contribution in [0, 0.1) is 0 Å². The third kappa shape index (κ3) is 4.61. The van der Waals surface area contributed by atoms with Gasteiger partial charge in [-0.15, -0.1) is 0 Å². The lowest BCUT2D eigenvalue weighted by atomic mass is 10.1. The average Bonchev–Trinajstić information content (AvgIpc) is 2.68. The van der Waals surface area contributed by atoms with Crippen molar-refractivity contribution >= 4 is 21.6 Å². The van der Waals surface area contributed by atoms with Crippen LogP contribution in [0.3, 0.4) is 0 Å². The Balaban J connectivity index is 1.88. The summed E-state index contributed by atoms with van der Waals surface area (Å²) in [7, 11) is -4.34. The van der Waals surface area contributed by atoms with Gasteiger partial charge in [0.15, 0.2) is 4.90 Å². The number of H-pyrrole nitrogens is 2. The third-order valence-electron chi connectivity index (χ3n) is 4.14. The molecule has 0 saturated heterocycles. The molecule has 0 aliphatic carbocycles. The molecule has 1 amide bonds. The number of carbonyl (C=O) groups excluding carboxylic acids is 1. The number of hydrogen-bond acceptors (Lipinski definition) is 5. The number of sulfonamides is 1. The fourth-order valence-corrected chi connectivity index (χ4v) is 3.75. The maximum Gasteiger partial charge on any atom is 0.325 e. The van der Waals surface area contributed by atoms with Gasteiger partial charge in [0, 0.05) is 6.20 Å². The second-order valence-electron chi connectivity index (χ2n) is 6.19. The second kappa shape index (κ2) is 8.15. The van der Waals surface area contributed by atoms with Crippen LogP contribution < -0.4 is 21.3 Å². The first-order valence-corrected chi connectivity index (χ1v) is 10.1. The largest absolute Gasteiger partial charge is 0.345 e. The standard InChI is InChI=1S/C19H18N4O5S/c1-12(13-7-3-2-4-8-13)21-17(24)14-9-5-6-10-15(14)23-29(27,28)16-11-20-19(26)22-18(16)25/h2-12,23H,1H3,(H,21,24)(H2,20,22,25,26). The Kier molecular flexibility index (Phi) is 5.64. The van der Waals surface area contributed by atoms with Gasteiger partial charge in [0.1, 0.15) is 0 Å². The van der Waals surface area contributed by atoms with E-state index in [-0.39, 0.29) is 17.3 Å². The highest BCUT2D eigenvalue weighted by Gasteiger charge is 2.22. The van der Waals surface area contributed by atoms with Gasteiger partial charge in [0.25, 0.3) is 21.5 Å². The minimum absolute atomic E-state index is 0.00383. The Hall–Kier alpha value is -3.66. The van der Waals surface area contributed by atoms with Crippen molar-refractivity contribution in [3.05, 3.63) is 92.8 Å². The molecule has 0 aliphatic heterocycles. The van der Waals surface area contributed by atoms with Crippen LogP contribution in [-0.2, 0) is 10.0 Å². The summed E-state index contributed by atoms with van der Waals surface area (Å²) in [6, 6.07) is 15.0. The molecule has 1 atom stereocenters. The van der Waals surface area contributed by atoms with Crippen molar-refractivity contribution in [1.82, 2.24) is 15.3 Å². The maximum atomic E-state index is 12.7. The smallest absolute Gasteiger partial charge is 0.325 e. The molecule has 0 aliphatic rings. The van der Waals surface area contributed by atoms with Crippen molar-refractivity contribution in [3.63, 3.8) is 0 Å². The number of benzene rings is 2. The summed E-state index contributed by atoms with van der Waals surface area (Å²) in [5.41, 5.74) is -0.932. The summed E-state index contributed by atoms with van der Waals surface area (Å²) in [5.74, 6) is -0.491. The average molecular weight is 414 g/mol. The topological polar surface area (TPSA) is 141 Å². The first-order valence-electron chi connectivity index (χ1n) is 8.57. The highest BCUT2D eigenvalue weighted by atomic mass is 32.2. The lowest BCUT2D eigenvalue weighted by molar-refractivity contribution is 0.0941. The van der Waals surface area contributed by atoms with Gasteiger partial charge in [-0.25, -0.2) is 13.2 Å². The Morgan fingerprint density at radius 3 is 2.34 bits per heavy atom. The van der Waals surface area contributed by atoms with Crippen LogP contribution in [-0.4, -0.2) is 24.3 Å². The van der Waals surface area contributed by atoms with E-state index >= 15 is 0 Å². The molecule has 0 bridgehead atoms. The molecule has 9 nitrogen and oxygen atoms in total. The predicted molar refractivity (Wildman–Crippen MR) is 107 cm³/mol. The van der Waals surface area contributed by atoms with Gasteiger partial charge in [-0.2, -0.15) is 0 Å². The van der Waals surface area contributed by atoms with E-state index in [4.69, 9.17) is 0 Å². The van der Waals surface area contributed by atoms with Crippen LogP contribution in [0.2, 0.25) is 0 Å². The molecule has 3 rings (SSSR count). The number of amides is 1. The third-order valence-corrected chi connectivity index (χ3v) is 5.51. The number of rotatable bonds is 6. The molecular weight excluding hydrogens is 396 g/mol. The Morgan fingerprint density at radius 2 is 1.66 bits per heavy atom. The Labute approximate surface area is 165 Å². The zero-order valence-electron chi connectivity index (χ0n) is 15.3. The summed E-state index contributed by atoms with van der Waals surface area (Å²) in [5, 5.41) is 2.81. The van der Waals surface area contributed by atoms with Gasteiger partial charge in [-0.05, 0) is 24.6 Å². The molecule has 0 saturated carbocycles. The molecule has 10 heteroatoms. The van der Waals surface area contributed by atoms with Crippen molar-refractivity contribution in [1.29, 1.82) is 0 Å².